The summed E-state index contributed by atoms with van der Waals surface area (Å²) < 4.78 is 5.54. The van der Waals surface area contributed by atoms with Gasteiger partial charge in [-0.05, 0) is 48.7 Å². The number of carbonyl (C=O) groups excluding carboxylic acids is 1. The quantitative estimate of drug-likeness (QED) is 0.721. The molecular formula is C19H18ClNO2. The van der Waals surface area contributed by atoms with Crippen molar-refractivity contribution in [3.8, 4) is 0 Å². The Morgan fingerprint density at radius 1 is 1.26 bits per heavy atom. The Balaban J connectivity index is 1.81. The van der Waals surface area contributed by atoms with Gasteiger partial charge in [0.05, 0.1) is 12.7 Å². The molecule has 3 aromatic rings. The molecule has 0 atom stereocenters. The van der Waals surface area contributed by atoms with E-state index in [1.807, 2.05) is 37.3 Å². The van der Waals surface area contributed by atoms with E-state index in [1.165, 1.54) is 5.56 Å². The van der Waals surface area contributed by atoms with E-state index in [0.29, 0.717) is 5.02 Å². The van der Waals surface area contributed by atoms with Gasteiger partial charge in [0.15, 0.2) is 0 Å². The predicted molar refractivity (Wildman–Crippen MR) is 94.1 cm³/mol. The van der Waals surface area contributed by atoms with Crippen LogP contribution in [0.5, 0.6) is 0 Å². The lowest BCUT2D eigenvalue weighted by molar-refractivity contribution is -0.115. The zero-order chi connectivity index (χ0) is 16.4. The third-order valence-electron chi connectivity index (χ3n) is 4.02. The van der Waals surface area contributed by atoms with Crippen LogP contribution >= 0.6 is 11.6 Å². The molecule has 3 nitrogen and oxygen atoms in total. The van der Waals surface area contributed by atoms with E-state index < -0.39 is 0 Å². The van der Waals surface area contributed by atoms with E-state index in [0.717, 1.165) is 34.2 Å². The molecule has 2 aromatic carbocycles. The van der Waals surface area contributed by atoms with E-state index in [2.05, 4.69) is 18.3 Å². The first kappa shape index (κ1) is 15.6. The van der Waals surface area contributed by atoms with Gasteiger partial charge in [0, 0.05) is 21.7 Å². The fraction of sp³-hybridized carbons (Fsp3) is 0.211. The molecule has 0 radical (unpaired) electrons. The molecule has 1 aromatic heterocycles. The molecule has 0 aliphatic rings. The highest BCUT2D eigenvalue weighted by Gasteiger charge is 2.12. The first-order valence-corrected chi connectivity index (χ1v) is 8.00. The molecule has 0 saturated carbocycles. The van der Waals surface area contributed by atoms with E-state index in [-0.39, 0.29) is 12.3 Å². The van der Waals surface area contributed by atoms with Crippen molar-refractivity contribution in [1.29, 1.82) is 0 Å². The van der Waals surface area contributed by atoms with E-state index in [9.17, 15) is 4.79 Å². The molecule has 0 fully saturated rings. The van der Waals surface area contributed by atoms with Crippen molar-refractivity contribution in [3.05, 3.63) is 64.4 Å². The maximum Gasteiger partial charge on any atom is 0.228 e. The van der Waals surface area contributed by atoms with E-state index >= 15 is 0 Å². The Morgan fingerprint density at radius 3 is 2.87 bits per heavy atom. The number of fused-ring (bicyclic) bond motifs is 1. The van der Waals surface area contributed by atoms with Crippen molar-refractivity contribution in [2.45, 2.75) is 26.7 Å². The summed E-state index contributed by atoms with van der Waals surface area (Å²) in [7, 11) is 0. The lowest BCUT2D eigenvalue weighted by Crippen LogP contribution is -2.15. The number of benzene rings is 2. The van der Waals surface area contributed by atoms with Crippen molar-refractivity contribution in [2.24, 2.45) is 0 Å². The summed E-state index contributed by atoms with van der Waals surface area (Å²) in [5, 5.41) is 4.56. The fourth-order valence-corrected chi connectivity index (χ4v) is 2.77. The molecule has 4 heteroatoms. The van der Waals surface area contributed by atoms with Gasteiger partial charge in [-0.3, -0.25) is 4.79 Å². The average molecular weight is 328 g/mol. The van der Waals surface area contributed by atoms with Gasteiger partial charge >= 0.3 is 0 Å². The molecule has 23 heavy (non-hydrogen) atoms. The maximum absolute atomic E-state index is 12.3. The van der Waals surface area contributed by atoms with Crippen molar-refractivity contribution < 1.29 is 9.21 Å². The van der Waals surface area contributed by atoms with Crippen LogP contribution in [-0.2, 0) is 17.6 Å². The van der Waals surface area contributed by atoms with Crippen molar-refractivity contribution in [3.63, 3.8) is 0 Å². The largest absolute Gasteiger partial charge is 0.464 e. The highest BCUT2D eigenvalue weighted by atomic mass is 35.5. The van der Waals surface area contributed by atoms with Gasteiger partial charge in [0.25, 0.3) is 0 Å². The Bertz CT molecular complexity index is 867. The molecule has 1 N–H and O–H groups in total. The lowest BCUT2D eigenvalue weighted by atomic mass is 10.1. The second kappa shape index (κ2) is 6.47. The molecule has 1 heterocycles. The summed E-state index contributed by atoms with van der Waals surface area (Å²) in [5.74, 6) is -0.0834. The smallest absolute Gasteiger partial charge is 0.228 e. The molecule has 0 aliphatic carbocycles. The minimum absolute atomic E-state index is 0.0834. The lowest BCUT2D eigenvalue weighted by Gasteiger charge is -2.09. The highest BCUT2D eigenvalue weighted by molar-refractivity contribution is 6.31. The zero-order valence-electron chi connectivity index (χ0n) is 13.2. The summed E-state index contributed by atoms with van der Waals surface area (Å²) >= 11 is 6.09. The number of anilines is 1. The molecule has 1 amide bonds. The van der Waals surface area contributed by atoms with Gasteiger partial charge in [-0.1, -0.05) is 30.7 Å². The number of rotatable bonds is 4. The number of hydrogen-bond acceptors (Lipinski definition) is 2. The van der Waals surface area contributed by atoms with E-state index in [1.54, 1.807) is 6.26 Å². The van der Waals surface area contributed by atoms with Crippen molar-refractivity contribution >= 4 is 34.2 Å². The number of carbonyl (C=O) groups is 1. The Morgan fingerprint density at radius 2 is 2.09 bits per heavy atom. The number of nitrogens with one attached hydrogen (secondary N) is 1. The molecule has 0 bridgehead atoms. The SMILES string of the molecule is CCc1ccc2occ(CC(=O)Nc3cccc(Cl)c3C)c2c1. The normalized spacial score (nSPS) is 10.9. The van der Waals surface area contributed by atoms with Crippen LogP contribution in [0.2, 0.25) is 5.02 Å². The predicted octanol–water partition coefficient (Wildman–Crippen LogP) is 5.14. The van der Waals surface area contributed by atoms with Gasteiger partial charge in [0.1, 0.15) is 5.58 Å². The van der Waals surface area contributed by atoms with Gasteiger partial charge in [-0.15, -0.1) is 0 Å². The molecule has 0 spiro atoms. The number of amides is 1. The summed E-state index contributed by atoms with van der Waals surface area (Å²) in [5.41, 5.74) is 4.54. The third kappa shape index (κ3) is 3.25. The number of aryl methyl sites for hydroxylation is 1. The molecular weight excluding hydrogens is 310 g/mol. The fourth-order valence-electron chi connectivity index (χ4n) is 2.60. The zero-order valence-corrected chi connectivity index (χ0v) is 13.9. The molecule has 0 unspecified atom stereocenters. The summed E-state index contributed by atoms with van der Waals surface area (Å²) in [6, 6.07) is 11.6. The van der Waals surface area contributed by atoms with Gasteiger partial charge in [0.2, 0.25) is 5.91 Å². The second-order valence-electron chi connectivity index (χ2n) is 5.58. The van der Waals surface area contributed by atoms with Crippen LogP contribution in [0.4, 0.5) is 5.69 Å². The monoisotopic (exact) mass is 327 g/mol. The minimum Gasteiger partial charge on any atom is -0.464 e. The number of furan rings is 1. The molecule has 0 saturated heterocycles. The van der Waals surface area contributed by atoms with Crippen LogP contribution in [0.15, 0.2) is 47.1 Å². The van der Waals surface area contributed by atoms with Crippen LogP contribution in [0.3, 0.4) is 0 Å². The molecule has 3 rings (SSSR count). The maximum atomic E-state index is 12.3. The van der Waals surface area contributed by atoms with Crippen LogP contribution in [0, 0.1) is 6.92 Å². The summed E-state index contributed by atoms with van der Waals surface area (Å²) in [6.07, 6.45) is 2.88. The topological polar surface area (TPSA) is 42.2 Å². The average Bonchev–Trinajstić information content (AvgIpc) is 2.94. The summed E-state index contributed by atoms with van der Waals surface area (Å²) in [6.45, 7) is 3.99. The highest BCUT2D eigenvalue weighted by Crippen LogP contribution is 2.25. The standard InChI is InChI=1S/C19H18ClNO2/c1-3-13-7-8-18-15(9-13)14(11-23-18)10-19(22)21-17-6-4-5-16(20)12(17)2/h4-9,11H,3,10H2,1-2H3,(H,21,22). The Labute approximate surface area is 140 Å². The van der Waals surface area contributed by atoms with Gasteiger partial charge in [-0.25, -0.2) is 0 Å². The molecule has 0 aliphatic heterocycles. The van der Waals surface area contributed by atoms with Crippen LogP contribution in [-0.4, -0.2) is 5.91 Å². The first-order chi connectivity index (χ1) is 11.1. The van der Waals surface area contributed by atoms with Gasteiger partial charge in [-0.2, -0.15) is 0 Å². The van der Waals surface area contributed by atoms with Crippen LogP contribution in [0.1, 0.15) is 23.6 Å². The number of hydrogen-bond donors (Lipinski definition) is 1. The Kier molecular flexibility index (Phi) is 4.39. The number of halogens is 1. The van der Waals surface area contributed by atoms with Crippen molar-refractivity contribution in [2.75, 3.05) is 5.32 Å². The van der Waals surface area contributed by atoms with Crippen LogP contribution in [0.25, 0.3) is 11.0 Å². The van der Waals surface area contributed by atoms with Crippen LogP contribution < -0.4 is 5.32 Å². The first-order valence-electron chi connectivity index (χ1n) is 7.62. The van der Waals surface area contributed by atoms with Crippen molar-refractivity contribution in [1.82, 2.24) is 0 Å². The second-order valence-corrected chi connectivity index (χ2v) is 5.99. The minimum atomic E-state index is -0.0834. The van der Waals surface area contributed by atoms with Gasteiger partial charge < -0.3 is 9.73 Å². The molecule has 118 valence electrons. The summed E-state index contributed by atoms with van der Waals surface area (Å²) in [4.78, 5) is 12.3. The van der Waals surface area contributed by atoms with E-state index in [4.69, 9.17) is 16.0 Å². The Hall–Kier alpha value is -2.26. The third-order valence-corrected chi connectivity index (χ3v) is 4.43.